The van der Waals surface area contributed by atoms with Crippen molar-refractivity contribution in [1.82, 2.24) is 0 Å². The van der Waals surface area contributed by atoms with Crippen LogP contribution in [0.3, 0.4) is 0 Å². The minimum atomic E-state index is -0.332. The lowest BCUT2D eigenvalue weighted by Crippen LogP contribution is -2.41. The van der Waals surface area contributed by atoms with Crippen molar-refractivity contribution in [3.8, 4) is 0 Å². The molecule has 1 aromatic rings. The summed E-state index contributed by atoms with van der Waals surface area (Å²) in [5.41, 5.74) is 0.596. The third kappa shape index (κ3) is 1.75. The first kappa shape index (κ1) is 9.15. The average Bonchev–Trinajstić information content (AvgIpc) is 2.18. The Hall–Kier alpha value is -1.42. The second-order valence-corrected chi connectivity index (χ2v) is 3.08. The van der Waals surface area contributed by atoms with Gasteiger partial charge in [-0.2, -0.15) is 0 Å². The van der Waals surface area contributed by atoms with Crippen molar-refractivity contribution >= 4 is 11.6 Å². The molecule has 1 amide bonds. The van der Waals surface area contributed by atoms with Crippen LogP contribution in [0, 0.1) is 5.82 Å². The summed E-state index contributed by atoms with van der Waals surface area (Å²) in [6.07, 6.45) is 0. The van der Waals surface area contributed by atoms with Gasteiger partial charge in [-0.05, 0) is 18.2 Å². The molecule has 0 atom stereocenters. The quantitative estimate of drug-likeness (QED) is 0.673. The first-order chi connectivity index (χ1) is 6.77. The van der Waals surface area contributed by atoms with Gasteiger partial charge in [-0.15, -0.1) is 0 Å². The first-order valence-electron chi connectivity index (χ1n) is 4.41. The van der Waals surface area contributed by atoms with Crippen LogP contribution in [0.4, 0.5) is 10.1 Å². The molecule has 74 valence electrons. The van der Waals surface area contributed by atoms with Crippen molar-refractivity contribution in [3.05, 3.63) is 30.1 Å². The normalized spacial score (nSPS) is 17.2. The van der Waals surface area contributed by atoms with Crippen molar-refractivity contribution in [2.24, 2.45) is 0 Å². The van der Waals surface area contributed by atoms with E-state index < -0.39 is 0 Å². The van der Waals surface area contributed by atoms with Crippen LogP contribution in [0.15, 0.2) is 24.3 Å². The number of nitrogens with zero attached hydrogens (tertiary/aromatic N) is 1. The van der Waals surface area contributed by atoms with Gasteiger partial charge in [-0.25, -0.2) is 4.39 Å². The molecule has 2 rings (SSSR count). The minimum Gasteiger partial charge on any atom is -0.370 e. The summed E-state index contributed by atoms with van der Waals surface area (Å²) in [6, 6.07) is 6.01. The van der Waals surface area contributed by atoms with Gasteiger partial charge in [0.05, 0.1) is 6.61 Å². The third-order valence-corrected chi connectivity index (χ3v) is 2.11. The maximum atomic E-state index is 12.9. The molecule has 1 aliphatic heterocycles. The highest BCUT2D eigenvalue weighted by atomic mass is 19.1. The zero-order valence-corrected chi connectivity index (χ0v) is 7.57. The second-order valence-electron chi connectivity index (χ2n) is 3.08. The van der Waals surface area contributed by atoms with Crippen LogP contribution in [0.1, 0.15) is 0 Å². The molecule has 0 radical (unpaired) electrons. The van der Waals surface area contributed by atoms with Gasteiger partial charge in [0.15, 0.2) is 0 Å². The Balaban J connectivity index is 2.24. The van der Waals surface area contributed by atoms with E-state index >= 15 is 0 Å². The van der Waals surface area contributed by atoms with Crippen LogP contribution in [0.25, 0.3) is 0 Å². The van der Waals surface area contributed by atoms with Crippen molar-refractivity contribution < 1.29 is 13.9 Å². The zero-order valence-electron chi connectivity index (χ0n) is 7.57. The van der Waals surface area contributed by atoms with Crippen molar-refractivity contribution in [1.29, 1.82) is 0 Å². The second kappa shape index (κ2) is 3.75. The number of carbonyl (C=O) groups excluding carboxylic acids is 1. The number of amides is 1. The van der Waals surface area contributed by atoms with Crippen molar-refractivity contribution in [2.75, 3.05) is 24.7 Å². The van der Waals surface area contributed by atoms with Crippen LogP contribution in [-0.4, -0.2) is 25.7 Å². The molecular weight excluding hydrogens is 185 g/mol. The summed E-state index contributed by atoms with van der Waals surface area (Å²) in [7, 11) is 0. The van der Waals surface area contributed by atoms with Gasteiger partial charge in [-0.1, -0.05) is 6.07 Å². The first-order valence-corrected chi connectivity index (χ1v) is 4.41. The van der Waals surface area contributed by atoms with E-state index in [1.54, 1.807) is 12.1 Å². The van der Waals surface area contributed by atoms with Gasteiger partial charge in [0, 0.05) is 12.2 Å². The Kier molecular flexibility index (Phi) is 2.45. The smallest absolute Gasteiger partial charge is 0.253 e. The predicted octanol–water partition coefficient (Wildman–Crippen LogP) is 1.19. The van der Waals surface area contributed by atoms with E-state index in [9.17, 15) is 9.18 Å². The van der Waals surface area contributed by atoms with Crippen molar-refractivity contribution in [2.45, 2.75) is 0 Å². The number of benzene rings is 1. The van der Waals surface area contributed by atoms with E-state index in [0.29, 0.717) is 18.8 Å². The summed E-state index contributed by atoms with van der Waals surface area (Å²) >= 11 is 0. The lowest BCUT2D eigenvalue weighted by atomic mass is 10.2. The Morgan fingerprint density at radius 1 is 1.43 bits per heavy atom. The van der Waals surface area contributed by atoms with Gasteiger partial charge in [0.1, 0.15) is 12.4 Å². The number of carbonyl (C=O) groups is 1. The molecule has 0 aromatic heterocycles. The highest BCUT2D eigenvalue weighted by Gasteiger charge is 2.19. The van der Waals surface area contributed by atoms with Crippen LogP contribution in [0.5, 0.6) is 0 Å². The van der Waals surface area contributed by atoms with Crippen molar-refractivity contribution in [3.63, 3.8) is 0 Å². The van der Waals surface area contributed by atoms with E-state index in [2.05, 4.69) is 0 Å². The van der Waals surface area contributed by atoms with Gasteiger partial charge in [-0.3, -0.25) is 4.79 Å². The topological polar surface area (TPSA) is 29.5 Å². The number of morpholine rings is 1. The molecule has 0 saturated carbocycles. The molecule has 1 fully saturated rings. The van der Waals surface area contributed by atoms with Crippen LogP contribution in [0.2, 0.25) is 0 Å². The molecule has 1 aromatic carbocycles. The van der Waals surface area contributed by atoms with Gasteiger partial charge in [0.2, 0.25) is 0 Å². The summed E-state index contributed by atoms with van der Waals surface area (Å²) in [6.45, 7) is 1.07. The highest BCUT2D eigenvalue weighted by Crippen LogP contribution is 2.17. The van der Waals surface area contributed by atoms with E-state index in [1.165, 1.54) is 17.0 Å². The lowest BCUT2D eigenvalue weighted by Gasteiger charge is -2.26. The summed E-state index contributed by atoms with van der Waals surface area (Å²) in [5.74, 6) is -0.455. The molecule has 1 saturated heterocycles. The molecular formula is C10H10FNO2. The molecule has 0 spiro atoms. The molecule has 0 aliphatic carbocycles. The average molecular weight is 195 g/mol. The number of halogens is 1. The molecule has 0 N–H and O–H groups in total. The zero-order chi connectivity index (χ0) is 9.97. The Morgan fingerprint density at radius 2 is 2.29 bits per heavy atom. The van der Waals surface area contributed by atoms with Gasteiger partial charge < -0.3 is 9.64 Å². The number of hydrogen-bond donors (Lipinski definition) is 0. The number of anilines is 1. The maximum absolute atomic E-state index is 12.9. The largest absolute Gasteiger partial charge is 0.370 e. The highest BCUT2D eigenvalue weighted by molar-refractivity contribution is 5.94. The van der Waals surface area contributed by atoms with E-state index in [-0.39, 0.29) is 18.3 Å². The monoisotopic (exact) mass is 195 g/mol. The number of rotatable bonds is 1. The molecule has 1 aliphatic rings. The molecule has 0 unspecified atom stereocenters. The third-order valence-electron chi connectivity index (χ3n) is 2.11. The fourth-order valence-electron chi connectivity index (χ4n) is 1.44. The van der Waals surface area contributed by atoms with Crippen LogP contribution < -0.4 is 4.90 Å². The van der Waals surface area contributed by atoms with Crippen LogP contribution >= 0.6 is 0 Å². The fraction of sp³-hybridized carbons (Fsp3) is 0.300. The summed E-state index contributed by atoms with van der Waals surface area (Å²) in [4.78, 5) is 12.9. The van der Waals surface area contributed by atoms with Crippen LogP contribution in [-0.2, 0) is 9.53 Å². The van der Waals surface area contributed by atoms with Gasteiger partial charge >= 0.3 is 0 Å². The molecule has 4 heteroatoms. The minimum absolute atomic E-state index is 0.0799. The van der Waals surface area contributed by atoms with E-state index in [1.807, 2.05) is 0 Å². The SMILES string of the molecule is O=C1COCCN1c1cccc(F)c1. The Labute approximate surface area is 81.1 Å². The number of hydrogen-bond acceptors (Lipinski definition) is 2. The predicted molar refractivity (Wildman–Crippen MR) is 49.6 cm³/mol. The molecule has 14 heavy (non-hydrogen) atoms. The molecule has 1 heterocycles. The maximum Gasteiger partial charge on any atom is 0.253 e. The van der Waals surface area contributed by atoms with E-state index in [0.717, 1.165) is 0 Å². The number of ether oxygens (including phenoxy) is 1. The molecule has 0 bridgehead atoms. The Morgan fingerprint density at radius 3 is 3.00 bits per heavy atom. The standard InChI is InChI=1S/C10H10FNO2/c11-8-2-1-3-9(6-8)12-4-5-14-7-10(12)13/h1-3,6H,4-5,7H2. The fourth-order valence-corrected chi connectivity index (χ4v) is 1.44. The Bertz CT molecular complexity index is 354. The van der Waals surface area contributed by atoms with Gasteiger partial charge in [0.25, 0.3) is 5.91 Å². The summed E-state index contributed by atoms with van der Waals surface area (Å²) < 4.78 is 17.9. The van der Waals surface area contributed by atoms with E-state index in [4.69, 9.17) is 4.74 Å². The summed E-state index contributed by atoms with van der Waals surface area (Å²) in [5, 5.41) is 0. The lowest BCUT2D eigenvalue weighted by molar-refractivity contribution is -0.125. The molecule has 3 nitrogen and oxygen atoms in total.